The second-order valence-electron chi connectivity index (χ2n) is 6.14. The SMILES string of the molecule is Cc1ccc(C(=O)CCC(=O)O[C@@H](C)C(=O)NC2CC2)cc1C. The second-order valence-corrected chi connectivity index (χ2v) is 6.14. The third-order valence-corrected chi connectivity index (χ3v) is 3.99. The van der Waals surface area contributed by atoms with Crippen LogP contribution in [0.3, 0.4) is 0 Å². The van der Waals surface area contributed by atoms with Gasteiger partial charge in [0.15, 0.2) is 11.9 Å². The van der Waals surface area contributed by atoms with Gasteiger partial charge in [-0.2, -0.15) is 0 Å². The van der Waals surface area contributed by atoms with Gasteiger partial charge in [0, 0.05) is 18.0 Å². The molecular weight excluding hydrogens is 294 g/mol. The fourth-order valence-electron chi connectivity index (χ4n) is 2.13. The van der Waals surface area contributed by atoms with Crippen molar-refractivity contribution in [1.82, 2.24) is 5.32 Å². The second kappa shape index (κ2) is 7.40. The van der Waals surface area contributed by atoms with E-state index in [0.717, 1.165) is 24.0 Å². The van der Waals surface area contributed by atoms with Crippen LogP contribution in [0.15, 0.2) is 18.2 Å². The summed E-state index contributed by atoms with van der Waals surface area (Å²) in [4.78, 5) is 35.6. The van der Waals surface area contributed by atoms with Gasteiger partial charge in [0.25, 0.3) is 5.91 Å². The Labute approximate surface area is 136 Å². The molecule has 1 amide bonds. The minimum absolute atomic E-state index is 0.0210. The van der Waals surface area contributed by atoms with Gasteiger partial charge in [-0.15, -0.1) is 0 Å². The highest BCUT2D eigenvalue weighted by molar-refractivity contribution is 5.98. The lowest BCUT2D eigenvalue weighted by atomic mass is 10.0. The number of rotatable bonds is 7. The number of benzene rings is 1. The lowest BCUT2D eigenvalue weighted by Gasteiger charge is -2.13. The molecule has 0 saturated heterocycles. The first-order valence-electron chi connectivity index (χ1n) is 7.97. The summed E-state index contributed by atoms with van der Waals surface area (Å²) in [6.45, 7) is 5.47. The van der Waals surface area contributed by atoms with E-state index >= 15 is 0 Å². The third kappa shape index (κ3) is 5.20. The van der Waals surface area contributed by atoms with Crippen LogP contribution >= 0.6 is 0 Å². The summed E-state index contributed by atoms with van der Waals surface area (Å²) in [7, 11) is 0. The summed E-state index contributed by atoms with van der Waals surface area (Å²) >= 11 is 0. The molecule has 23 heavy (non-hydrogen) atoms. The Morgan fingerprint density at radius 3 is 2.48 bits per heavy atom. The van der Waals surface area contributed by atoms with Gasteiger partial charge < -0.3 is 10.1 Å². The average Bonchev–Trinajstić information content (AvgIpc) is 3.31. The average molecular weight is 317 g/mol. The molecule has 0 bridgehead atoms. The van der Waals surface area contributed by atoms with Crippen molar-refractivity contribution in [2.75, 3.05) is 0 Å². The summed E-state index contributed by atoms with van der Waals surface area (Å²) in [6.07, 6.45) is 1.21. The Hall–Kier alpha value is -2.17. The maximum Gasteiger partial charge on any atom is 0.307 e. The van der Waals surface area contributed by atoms with Crippen molar-refractivity contribution in [3.8, 4) is 0 Å². The molecule has 1 N–H and O–H groups in total. The molecule has 0 spiro atoms. The van der Waals surface area contributed by atoms with E-state index in [9.17, 15) is 14.4 Å². The summed E-state index contributed by atoms with van der Waals surface area (Å²) < 4.78 is 5.07. The number of amides is 1. The summed E-state index contributed by atoms with van der Waals surface area (Å²) in [6, 6.07) is 5.72. The summed E-state index contributed by atoms with van der Waals surface area (Å²) in [5.41, 5.74) is 2.76. The van der Waals surface area contributed by atoms with E-state index in [1.54, 1.807) is 13.0 Å². The minimum Gasteiger partial charge on any atom is -0.453 e. The maximum atomic E-state index is 12.1. The molecule has 1 aromatic rings. The van der Waals surface area contributed by atoms with E-state index in [4.69, 9.17) is 4.74 Å². The molecule has 0 unspecified atom stereocenters. The van der Waals surface area contributed by atoms with Gasteiger partial charge in [-0.05, 0) is 50.8 Å². The number of hydrogen-bond acceptors (Lipinski definition) is 4. The number of nitrogens with one attached hydrogen (secondary N) is 1. The predicted molar refractivity (Wildman–Crippen MR) is 86.2 cm³/mol. The molecule has 1 saturated carbocycles. The predicted octanol–water partition coefficient (Wildman–Crippen LogP) is 2.48. The highest BCUT2D eigenvalue weighted by Gasteiger charge is 2.27. The molecule has 5 nitrogen and oxygen atoms in total. The van der Waals surface area contributed by atoms with Gasteiger partial charge >= 0.3 is 5.97 Å². The van der Waals surface area contributed by atoms with Gasteiger partial charge in [-0.25, -0.2) is 0 Å². The molecule has 2 rings (SSSR count). The molecule has 0 aliphatic heterocycles. The summed E-state index contributed by atoms with van der Waals surface area (Å²) in [5.74, 6) is -0.901. The zero-order chi connectivity index (χ0) is 17.0. The molecule has 0 radical (unpaired) electrons. The largest absolute Gasteiger partial charge is 0.453 e. The molecule has 124 valence electrons. The van der Waals surface area contributed by atoms with Gasteiger partial charge in [0.05, 0.1) is 6.42 Å². The number of ketones is 1. The van der Waals surface area contributed by atoms with Gasteiger partial charge in [0.1, 0.15) is 0 Å². The Balaban J connectivity index is 1.77. The minimum atomic E-state index is -0.820. The number of Topliss-reactive ketones (excluding diaryl/α,β-unsaturated/α-hetero) is 1. The monoisotopic (exact) mass is 317 g/mol. The van der Waals surface area contributed by atoms with E-state index in [1.165, 1.54) is 0 Å². The van der Waals surface area contributed by atoms with Crippen LogP contribution in [0.25, 0.3) is 0 Å². The van der Waals surface area contributed by atoms with E-state index in [2.05, 4.69) is 5.32 Å². The van der Waals surface area contributed by atoms with Crippen LogP contribution in [-0.2, 0) is 14.3 Å². The Kier molecular flexibility index (Phi) is 5.53. The number of carbonyl (C=O) groups excluding carboxylic acids is 3. The highest BCUT2D eigenvalue weighted by atomic mass is 16.5. The van der Waals surface area contributed by atoms with Crippen molar-refractivity contribution in [1.29, 1.82) is 0 Å². The molecule has 5 heteroatoms. The highest BCUT2D eigenvalue weighted by Crippen LogP contribution is 2.19. The van der Waals surface area contributed by atoms with Crippen molar-refractivity contribution < 1.29 is 19.1 Å². The Morgan fingerprint density at radius 1 is 1.17 bits per heavy atom. The lowest BCUT2D eigenvalue weighted by molar-refractivity contribution is -0.154. The van der Waals surface area contributed by atoms with Gasteiger partial charge in [-0.3, -0.25) is 14.4 Å². The van der Waals surface area contributed by atoms with Crippen LogP contribution in [0.5, 0.6) is 0 Å². The van der Waals surface area contributed by atoms with E-state index < -0.39 is 12.1 Å². The maximum absolute atomic E-state index is 12.1. The van der Waals surface area contributed by atoms with Crippen LogP contribution in [0.4, 0.5) is 0 Å². The van der Waals surface area contributed by atoms with Crippen molar-refractivity contribution in [2.45, 2.75) is 58.6 Å². The number of hydrogen-bond donors (Lipinski definition) is 1. The van der Waals surface area contributed by atoms with Crippen LogP contribution in [-0.4, -0.2) is 29.8 Å². The van der Waals surface area contributed by atoms with Crippen LogP contribution in [0.2, 0.25) is 0 Å². The number of ether oxygens (including phenoxy) is 1. The number of esters is 1. The van der Waals surface area contributed by atoms with Crippen molar-refractivity contribution in [2.24, 2.45) is 0 Å². The molecular formula is C18H23NO4. The molecule has 1 aliphatic carbocycles. The van der Waals surface area contributed by atoms with E-state index in [0.29, 0.717) is 5.56 Å². The number of carbonyl (C=O) groups is 3. The van der Waals surface area contributed by atoms with Crippen LogP contribution < -0.4 is 5.32 Å². The first kappa shape index (κ1) is 17.2. The number of aryl methyl sites for hydroxylation is 2. The lowest BCUT2D eigenvalue weighted by Crippen LogP contribution is -2.37. The van der Waals surface area contributed by atoms with Crippen molar-refractivity contribution in [3.05, 3.63) is 34.9 Å². The standard InChI is InChI=1S/C18H23NO4/c1-11-4-5-14(10-12(11)2)16(20)8-9-17(21)23-13(3)18(22)19-15-6-7-15/h4-5,10,13,15H,6-9H2,1-3H3,(H,19,22)/t13-/m0/s1. The Morgan fingerprint density at radius 2 is 1.87 bits per heavy atom. The molecule has 0 aromatic heterocycles. The zero-order valence-corrected chi connectivity index (χ0v) is 13.8. The normalized spacial score (nSPS) is 14.9. The molecule has 1 fully saturated rings. The Bertz CT molecular complexity index is 619. The first-order valence-corrected chi connectivity index (χ1v) is 7.97. The molecule has 1 aromatic carbocycles. The first-order chi connectivity index (χ1) is 10.9. The fraction of sp³-hybridized carbons (Fsp3) is 0.500. The van der Waals surface area contributed by atoms with Crippen LogP contribution in [0.1, 0.15) is 54.1 Å². The molecule has 1 aliphatic rings. The molecule has 1 atom stereocenters. The van der Waals surface area contributed by atoms with Crippen LogP contribution in [0, 0.1) is 13.8 Å². The zero-order valence-electron chi connectivity index (χ0n) is 13.8. The van der Waals surface area contributed by atoms with E-state index in [1.807, 2.05) is 26.0 Å². The quantitative estimate of drug-likeness (QED) is 0.619. The topological polar surface area (TPSA) is 72.5 Å². The van der Waals surface area contributed by atoms with Crippen molar-refractivity contribution in [3.63, 3.8) is 0 Å². The molecule has 0 heterocycles. The third-order valence-electron chi connectivity index (χ3n) is 3.99. The summed E-state index contributed by atoms with van der Waals surface area (Å²) in [5, 5.41) is 2.78. The van der Waals surface area contributed by atoms with Gasteiger partial charge in [0.2, 0.25) is 0 Å². The van der Waals surface area contributed by atoms with Crippen molar-refractivity contribution >= 4 is 17.7 Å². The smallest absolute Gasteiger partial charge is 0.307 e. The van der Waals surface area contributed by atoms with E-state index in [-0.39, 0.29) is 30.6 Å². The fourth-order valence-corrected chi connectivity index (χ4v) is 2.13. The van der Waals surface area contributed by atoms with Gasteiger partial charge in [-0.1, -0.05) is 12.1 Å².